The third-order valence-electron chi connectivity index (χ3n) is 2.72. The topological polar surface area (TPSA) is 41.6 Å². The first kappa shape index (κ1) is 14.4. The van der Waals surface area contributed by atoms with Crippen molar-refractivity contribution in [1.82, 2.24) is 10.2 Å². The molecule has 4 nitrogen and oxygen atoms in total. The summed E-state index contributed by atoms with van der Waals surface area (Å²) in [6.45, 7) is 1.84. The van der Waals surface area contributed by atoms with Crippen molar-refractivity contribution >= 4 is 5.91 Å². The van der Waals surface area contributed by atoms with Crippen molar-refractivity contribution in [2.45, 2.75) is 13.0 Å². The molecular weight excluding hydrogens is 235 g/mol. The summed E-state index contributed by atoms with van der Waals surface area (Å²) in [5, 5.41) is 3.02. The van der Waals surface area contributed by atoms with E-state index >= 15 is 0 Å². The average Bonchev–Trinajstić information content (AvgIpc) is 2.35. The van der Waals surface area contributed by atoms with Gasteiger partial charge in [-0.15, -0.1) is 0 Å². The van der Waals surface area contributed by atoms with E-state index < -0.39 is 0 Å². The van der Waals surface area contributed by atoms with Crippen molar-refractivity contribution in [1.29, 1.82) is 0 Å². The Bertz CT molecular complexity index is 421. The minimum atomic E-state index is -0.321. The van der Waals surface area contributed by atoms with Crippen molar-refractivity contribution in [3.63, 3.8) is 0 Å². The number of hydrogen-bond acceptors (Lipinski definition) is 3. The molecule has 1 aromatic rings. The summed E-state index contributed by atoms with van der Waals surface area (Å²) in [6.07, 6.45) is 0. The summed E-state index contributed by atoms with van der Waals surface area (Å²) in [7, 11) is 5.10. The first-order valence-electron chi connectivity index (χ1n) is 5.75. The van der Waals surface area contributed by atoms with E-state index in [0.29, 0.717) is 11.3 Å². The van der Waals surface area contributed by atoms with Crippen LogP contribution in [0, 0.1) is 5.82 Å². The SMILES string of the molecule is CNC(C)c1cc(F)ccc1OCC(=O)N(C)C. The lowest BCUT2D eigenvalue weighted by Crippen LogP contribution is -2.28. The van der Waals surface area contributed by atoms with Crippen molar-refractivity contribution in [2.75, 3.05) is 27.7 Å². The maximum absolute atomic E-state index is 13.2. The molecule has 1 atom stereocenters. The number of amides is 1. The number of likely N-dealkylation sites (N-methyl/N-ethyl adjacent to an activating group) is 1. The minimum Gasteiger partial charge on any atom is -0.483 e. The molecule has 0 aliphatic heterocycles. The van der Waals surface area contributed by atoms with Crippen LogP contribution < -0.4 is 10.1 Å². The molecule has 0 saturated carbocycles. The van der Waals surface area contributed by atoms with E-state index in [1.807, 2.05) is 6.92 Å². The van der Waals surface area contributed by atoms with E-state index in [9.17, 15) is 9.18 Å². The molecule has 0 spiro atoms. The van der Waals surface area contributed by atoms with Crippen LogP contribution in [0.25, 0.3) is 0 Å². The van der Waals surface area contributed by atoms with Crippen LogP contribution in [0.5, 0.6) is 5.75 Å². The second kappa shape index (κ2) is 6.35. The molecule has 1 rings (SSSR count). The Morgan fingerprint density at radius 2 is 2.17 bits per heavy atom. The van der Waals surface area contributed by atoms with E-state index in [1.54, 1.807) is 27.2 Å². The summed E-state index contributed by atoms with van der Waals surface area (Å²) in [5.74, 6) is 0.0641. The Morgan fingerprint density at radius 1 is 1.50 bits per heavy atom. The van der Waals surface area contributed by atoms with E-state index in [0.717, 1.165) is 0 Å². The van der Waals surface area contributed by atoms with E-state index in [4.69, 9.17) is 4.74 Å². The van der Waals surface area contributed by atoms with Crippen molar-refractivity contribution in [3.8, 4) is 5.75 Å². The van der Waals surface area contributed by atoms with Crippen LogP contribution in [0.4, 0.5) is 4.39 Å². The van der Waals surface area contributed by atoms with Gasteiger partial charge in [0.05, 0.1) is 0 Å². The Hall–Kier alpha value is -1.62. The summed E-state index contributed by atoms with van der Waals surface area (Å²) in [5.41, 5.74) is 0.698. The Labute approximate surface area is 107 Å². The highest BCUT2D eigenvalue weighted by atomic mass is 19.1. The Kier molecular flexibility index (Phi) is 5.09. The number of carbonyl (C=O) groups excluding carboxylic acids is 1. The largest absolute Gasteiger partial charge is 0.483 e. The number of halogens is 1. The van der Waals surface area contributed by atoms with Crippen LogP contribution in [-0.2, 0) is 4.79 Å². The lowest BCUT2D eigenvalue weighted by atomic mass is 10.1. The maximum Gasteiger partial charge on any atom is 0.259 e. The number of rotatable bonds is 5. The third kappa shape index (κ3) is 3.70. The Morgan fingerprint density at radius 3 is 2.72 bits per heavy atom. The van der Waals surface area contributed by atoms with E-state index in [2.05, 4.69) is 5.32 Å². The Balaban J connectivity index is 2.84. The molecule has 0 saturated heterocycles. The number of carbonyl (C=O) groups is 1. The second-order valence-electron chi connectivity index (χ2n) is 4.27. The first-order valence-corrected chi connectivity index (χ1v) is 5.75. The fraction of sp³-hybridized carbons (Fsp3) is 0.462. The quantitative estimate of drug-likeness (QED) is 0.867. The fourth-order valence-electron chi connectivity index (χ4n) is 1.41. The van der Waals surface area contributed by atoms with Gasteiger partial charge in [-0.3, -0.25) is 4.79 Å². The molecule has 100 valence electrons. The van der Waals surface area contributed by atoms with Crippen LogP contribution >= 0.6 is 0 Å². The molecule has 0 radical (unpaired) electrons. The predicted molar refractivity (Wildman–Crippen MR) is 68.1 cm³/mol. The van der Waals surface area contributed by atoms with Crippen molar-refractivity contribution in [3.05, 3.63) is 29.6 Å². The second-order valence-corrected chi connectivity index (χ2v) is 4.27. The number of nitrogens with one attached hydrogen (secondary N) is 1. The van der Waals surface area contributed by atoms with Crippen LogP contribution in [0.15, 0.2) is 18.2 Å². The lowest BCUT2D eigenvalue weighted by Gasteiger charge is -2.17. The van der Waals surface area contributed by atoms with Crippen LogP contribution in [0.1, 0.15) is 18.5 Å². The highest BCUT2D eigenvalue weighted by Gasteiger charge is 2.13. The number of ether oxygens (including phenoxy) is 1. The molecule has 5 heteroatoms. The van der Waals surface area contributed by atoms with Gasteiger partial charge < -0.3 is 15.0 Å². The van der Waals surface area contributed by atoms with E-state index in [-0.39, 0.29) is 24.4 Å². The highest BCUT2D eigenvalue weighted by Crippen LogP contribution is 2.25. The van der Waals surface area contributed by atoms with Gasteiger partial charge in [-0.2, -0.15) is 0 Å². The predicted octanol–water partition coefficient (Wildman–Crippen LogP) is 1.57. The standard InChI is InChI=1S/C13H19FN2O2/c1-9(15-2)11-7-10(14)5-6-12(11)18-8-13(17)16(3)4/h5-7,9,15H,8H2,1-4H3. The molecular formula is C13H19FN2O2. The van der Waals surface area contributed by atoms with E-state index in [1.165, 1.54) is 17.0 Å². The van der Waals surface area contributed by atoms with Gasteiger partial charge in [-0.25, -0.2) is 4.39 Å². The number of hydrogen-bond donors (Lipinski definition) is 1. The third-order valence-corrected chi connectivity index (χ3v) is 2.72. The van der Waals surface area contributed by atoms with Gasteiger partial charge in [-0.1, -0.05) is 0 Å². The molecule has 0 bridgehead atoms. The van der Waals surface area contributed by atoms with Gasteiger partial charge in [-0.05, 0) is 32.2 Å². The molecule has 1 amide bonds. The summed E-state index contributed by atoms with van der Waals surface area (Å²) in [6, 6.07) is 4.23. The fourth-order valence-corrected chi connectivity index (χ4v) is 1.41. The van der Waals surface area contributed by atoms with Crippen molar-refractivity contribution in [2.24, 2.45) is 0 Å². The molecule has 0 aliphatic carbocycles. The molecule has 1 unspecified atom stereocenters. The normalized spacial score (nSPS) is 12.1. The van der Waals surface area contributed by atoms with Crippen LogP contribution in [0.2, 0.25) is 0 Å². The summed E-state index contributed by atoms with van der Waals surface area (Å²) in [4.78, 5) is 12.9. The van der Waals surface area contributed by atoms with Gasteiger partial charge in [0.1, 0.15) is 11.6 Å². The van der Waals surface area contributed by atoms with Crippen LogP contribution in [-0.4, -0.2) is 38.6 Å². The molecule has 18 heavy (non-hydrogen) atoms. The number of nitrogens with zero attached hydrogens (tertiary/aromatic N) is 1. The maximum atomic E-state index is 13.2. The summed E-state index contributed by atoms with van der Waals surface area (Å²) >= 11 is 0. The van der Waals surface area contributed by atoms with Gasteiger partial charge in [0, 0.05) is 25.7 Å². The lowest BCUT2D eigenvalue weighted by molar-refractivity contribution is -0.130. The van der Waals surface area contributed by atoms with Gasteiger partial charge >= 0.3 is 0 Å². The molecule has 0 aromatic heterocycles. The zero-order valence-corrected chi connectivity index (χ0v) is 11.2. The highest BCUT2D eigenvalue weighted by molar-refractivity contribution is 5.77. The molecule has 0 aliphatic rings. The van der Waals surface area contributed by atoms with Gasteiger partial charge in [0.2, 0.25) is 0 Å². The monoisotopic (exact) mass is 254 g/mol. The first-order chi connectivity index (χ1) is 8.45. The van der Waals surface area contributed by atoms with Crippen molar-refractivity contribution < 1.29 is 13.9 Å². The van der Waals surface area contributed by atoms with Gasteiger partial charge in [0.25, 0.3) is 5.91 Å². The molecule has 0 heterocycles. The summed E-state index contributed by atoms with van der Waals surface area (Å²) < 4.78 is 18.7. The average molecular weight is 254 g/mol. The molecule has 1 N–H and O–H groups in total. The number of benzene rings is 1. The zero-order valence-electron chi connectivity index (χ0n) is 11.2. The zero-order chi connectivity index (χ0) is 13.7. The van der Waals surface area contributed by atoms with Crippen LogP contribution in [0.3, 0.4) is 0 Å². The minimum absolute atomic E-state index is 0.0508. The van der Waals surface area contributed by atoms with Gasteiger partial charge in [0.15, 0.2) is 6.61 Å². The smallest absolute Gasteiger partial charge is 0.259 e. The molecule has 0 fully saturated rings. The molecule has 1 aromatic carbocycles.